The van der Waals surface area contributed by atoms with Crippen LogP contribution in [0.3, 0.4) is 0 Å². The van der Waals surface area contributed by atoms with Gasteiger partial charge in [0.05, 0.1) is 17.2 Å². The number of aryl methyl sites for hydroxylation is 1. The first-order valence-electron chi connectivity index (χ1n) is 6.02. The number of rotatable bonds is 4. The first-order valence-corrected chi connectivity index (χ1v) is 9.09. The van der Waals surface area contributed by atoms with Crippen LogP contribution in [0.4, 0.5) is 5.69 Å². The monoisotopic (exact) mass is 433 g/mol. The average Bonchev–Trinajstić information content (AvgIpc) is 2.43. The van der Waals surface area contributed by atoms with Crippen molar-refractivity contribution in [2.24, 2.45) is 0 Å². The van der Waals surface area contributed by atoms with Crippen molar-refractivity contribution < 1.29 is 13.5 Å². The minimum absolute atomic E-state index is 0.111. The number of hydrogen-bond donors (Lipinski definition) is 2. The lowest BCUT2D eigenvalue weighted by Crippen LogP contribution is -2.14. The van der Waals surface area contributed by atoms with Crippen LogP contribution in [0.15, 0.2) is 50.2 Å². The van der Waals surface area contributed by atoms with Gasteiger partial charge in [-0.05, 0) is 74.2 Å². The van der Waals surface area contributed by atoms with E-state index in [-0.39, 0.29) is 11.5 Å². The highest BCUT2D eigenvalue weighted by Crippen LogP contribution is 2.32. The van der Waals surface area contributed by atoms with Gasteiger partial charge in [-0.2, -0.15) is 0 Å². The molecule has 2 aromatic rings. The first kappa shape index (κ1) is 16.5. The molecule has 0 unspecified atom stereocenters. The summed E-state index contributed by atoms with van der Waals surface area (Å²) >= 11 is 6.63. The van der Waals surface area contributed by atoms with Crippen LogP contribution in [0.5, 0.6) is 0 Å². The molecule has 0 atom stereocenters. The Labute approximate surface area is 140 Å². The quantitative estimate of drug-likeness (QED) is 0.768. The maximum absolute atomic E-state index is 12.5. The van der Waals surface area contributed by atoms with Gasteiger partial charge < -0.3 is 5.11 Å². The van der Waals surface area contributed by atoms with Crippen molar-refractivity contribution in [2.45, 2.75) is 18.4 Å². The Balaban J connectivity index is 2.44. The minimum Gasteiger partial charge on any atom is -0.392 e. The summed E-state index contributed by atoms with van der Waals surface area (Å²) in [6.07, 6.45) is 0. The summed E-state index contributed by atoms with van der Waals surface area (Å²) in [7, 11) is -3.73. The Kier molecular flexibility index (Phi) is 5.08. The van der Waals surface area contributed by atoms with E-state index in [0.29, 0.717) is 20.2 Å². The summed E-state index contributed by atoms with van der Waals surface area (Å²) in [5.41, 5.74) is 1.87. The molecule has 0 aliphatic rings. The van der Waals surface area contributed by atoms with Gasteiger partial charge in [-0.3, -0.25) is 4.72 Å². The lowest BCUT2D eigenvalue weighted by Gasteiger charge is -2.13. The van der Waals surface area contributed by atoms with Crippen LogP contribution in [0, 0.1) is 6.92 Å². The average molecular weight is 435 g/mol. The van der Waals surface area contributed by atoms with Crippen molar-refractivity contribution in [1.29, 1.82) is 0 Å². The Morgan fingerprint density at radius 2 is 1.76 bits per heavy atom. The molecule has 0 saturated heterocycles. The van der Waals surface area contributed by atoms with Crippen LogP contribution in [0.2, 0.25) is 0 Å². The number of hydrogen-bond acceptors (Lipinski definition) is 3. The molecule has 21 heavy (non-hydrogen) atoms. The molecular weight excluding hydrogens is 422 g/mol. The topological polar surface area (TPSA) is 66.4 Å². The normalized spacial score (nSPS) is 11.4. The summed E-state index contributed by atoms with van der Waals surface area (Å²) in [6.45, 7) is 1.62. The van der Waals surface area contributed by atoms with Gasteiger partial charge >= 0.3 is 0 Å². The van der Waals surface area contributed by atoms with E-state index in [1.165, 1.54) is 12.1 Å². The van der Waals surface area contributed by atoms with Crippen LogP contribution >= 0.6 is 31.9 Å². The molecular formula is C14H13Br2NO3S. The van der Waals surface area contributed by atoms with E-state index in [9.17, 15) is 13.5 Å². The highest BCUT2D eigenvalue weighted by atomic mass is 79.9. The predicted molar refractivity (Wildman–Crippen MR) is 89.8 cm³/mol. The second-order valence-corrected chi connectivity index (χ2v) is 7.84. The van der Waals surface area contributed by atoms with Crippen molar-refractivity contribution in [3.8, 4) is 0 Å². The molecule has 0 spiro atoms. The fourth-order valence-electron chi connectivity index (χ4n) is 1.77. The SMILES string of the molecule is Cc1ccc(S(=O)(=O)Nc2c(Br)cccc2Br)cc1CO. The largest absolute Gasteiger partial charge is 0.392 e. The van der Waals surface area contributed by atoms with E-state index in [1.54, 1.807) is 24.3 Å². The number of para-hydroxylation sites is 1. The van der Waals surface area contributed by atoms with Gasteiger partial charge in [0, 0.05) is 8.95 Å². The first-order chi connectivity index (χ1) is 9.85. The van der Waals surface area contributed by atoms with Crippen LogP contribution in [-0.2, 0) is 16.6 Å². The number of nitrogens with one attached hydrogen (secondary N) is 1. The molecule has 0 heterocycles. The summed E-state index contributed by atoms with van der Waals surface area (Å²) in [5.74, 6) is 0. The zero-order chi connectivity index (χ0) is 15.6. The van der Waals surface area contributed by atoms with Crippen molar-refractivity contribution in [2.75, 3.05) is 4.72 Å². The van der Waals surface area contributed by atoms with E-state index in [1.807, 2.05) is 6.92 Å². The Morgan fingerprint density at radius 3 is 2.33 bits per heavy atom. The maximum atomic E-state index is 12.5. The standard InChI is InChI=1S/C14H13Br2NO3S/c1-9-5-6-11(7-10(9)8-18)21(19,20)17-14-12(15)3-2-4-13(14)16/h2-7,17-18H,8H2,1H3. The maximum Gasteiger partial charge on any atom is 0.261 e. The van der Waals surface area contributed by atoms with E-state index in [0.717, 1.165) is 5.56 Å². The summed E-state index contributed by atoms with van der Waals surface area (Å²) in [5, 5.41) is 9.26. The van der Waals surface area contributed by atoms with Gasteiger partial charge in [-0.15, -0.1) is 0 Å². The number of benzene rings is 2. The highest BCUT2D eigenvalue weighted by Gasteiger charge is 2.18. The van der Waals surface area contributed by atoms with Crippen LogP contribution in [-0.4, -0.2) is 13.5 Å². The number of aliphatic hydroxyl groups excluding tert-OH is 1. The van der Waals surface area contributed by atoms with Crippen molar-refractivity contribution >= 4 is 47.6 Å². The molecule has 2 N–H and O–H groups in total. The number of halogens is 2. The molecule has 0 amide bonds. The van der Waals surface area contributed by atoms with E-state index >= 15 is 0 Å². The minimum atomic E-state index is -3.73. The molecule has 0 radical (unpaired) electrons. The molecule has 0 aliphatic carbocycles. The van der Waals surface area contributed by atoms with Crippen LogP contribution in [0.25, 0.3) is 0 Å². The molecule has 0 aliphatic heterocycles. The molecule has 0 bridgehead atoms. The van der Waals surface area contributed by atoms with Gasteiger partial charge in [0.1, 0.15) is 0 Å². The third-order valence-corrected chi connectivity index (χ3v) is 5.67. The molecule has 0 fully saturated rings. The highest BCUT2D eigenvalue weighted by molar-refractivity contribution is 9.11. The fraction of sp³-hybridized carbons (Fsp3) is 0.143. The predicted octanol–water partition coefficient (Wildman–Crippen LogP) is 3.81. The van der Waals surface area contributed by atoms with Crippen molar-refractivity contribution in [1.82, 2.24) is 0 Å². The third-order valence-electron chi connectivity index (χ3n) is 3.00. The van der Waals surface area contributed by atoms with Crippen molar-refractivity contribution in [3.63, 3.8) is 0 Å². The summed E-state index contributed by atoms with van der Waals surface area (Å²) in [6, 6.07) is 9.95. The zero-order valence-corrected chi connectivity index (χ0v) is 15.1. The molecule has 112 valence electrons. The van der Waals surface area contributed by atoms with Crippen LogP contribution < -0.4 is 4.72 Å². The smallest absolute Gasteiger partial charge is 0.261 e. The molecule has 7 heteroatoms. The number of sulfonamides is 1. The zero-order valence-electron chi connectivity index (χ0n) is 11.1. The lowest BCUT2D eigenvalue weighted by molar-refractivity contribution is 0.281. The van der Waals surface area contributed by atoms with E-state index in [4.69, 9.17) is 0 Å². The fourth-order valence-corrected chi connectivity index (χ4v) is 4.38. The van der Waals surface area contributed by atoms with Gasteiger partial charge in [0.2, 0.25) is 0 Å². The summed E-state index contributed by atoms with van der Waals surface area (Å²) < 4.78 is 28.7. The molecule has 2 rings (SSSR count). The number of anilines is 1. The second kappa shape index (κ2) is 6.48. The van der Waals surface area contributed by atoms with Gasteiger partial charge in [-0.1, -0.05) is 12.1 Å². The Bertz CT molecular complexity index is 756. The van der Waals surface area contributed by atoms with Gasteiger partial charge in [0.25, 0.3) is 10.0 Å². The molecule has 0 aromatic heterocycles. The van der Waals surface area contributed by atoms with Gasteiger partial charge in [-0.25, -0.2) is 8.42 Å². The molecule has 2 aromatic carbocycles. The van der Waals surface area contributed by atoms with Gasteiger partial charge in [0.15, 0.2) is 0 Å². The van der Waals surface area contributed by atoms with E-state index in [2.05, 4.69) is 36.6 Å². The summed E-state index contributed by atoms with van der Waals surface area (Å²) in [4.78, 5) is 0.111. The molecule has 4 nitrogen and oxygen atoms in total. The second-order valence-electron chi connectivity index (χ2n) is 4.45. The lowest BCUT2D eigenvalue weighted by atomic mass is 10.1. The Morgan fingerprint density at radius 1 is 1.14 bits per heavy atom. The van der Waals surface area contributed by atoms with Crippen LogP contribution in [0.1, 0.15) is 11.1 Å². The van der Waals surface area contributed by atoms with E-state index < -0.39 is 10.0 Å². The third kappa shape index (κ3) is 3.66. The molecule has 0 saturated carbocycles. The Hall–Kier alpha value is -0.890. The number of aliphatic hydroxyl groups is 1. The van der Waals surface area contributed by atoms with Crippen molar-refractivity contribution in [3.05, 3.63) is 56.5 Å².